The zero-order valence-electron chi connectivity index (χ0n) is 15.9. The predicted molar refractivity (Wildman–Crippen MR) is 109 cm³/mol. The minimum absolute atomic E-state index is 0.00723. The molecule has 1 fully saturated rings. The molecule has 0 spiro atoms. The van der Waals surface area contributed by atoms with Gasteiger partial charge in [0.25, 0.3) is 0 Å². The van der Waals surface area contributed by atoms with Crippen molar-refractivity contribution in [1.29, 1.82) is 0 Å². The number of carbonyl (C=O) groups is 2. The van der Waals surface area contributed by atoms with Gasteiger partial charge in [0.15, 0.2) is 0 Å². The molecule has 154 valence electrons. The van der Waals surface area contributed by atoms with E-state index in [0.29, 0.717) is 31.9 Å². The molecule has 3 rings (SSSR count). The Kier molecular flexibility index (Phi) is 7.06. The molecule has 1 aliphatic rings. The van der Waals surface area contributed by atoms with Gasteiger partial charge in [-0.05, 0) is 48.4 Å². The quantitative estimate of drug-likeness (QED) is 0.781. The van der Waals surface area contributed by atoms with Crippen molar-refractivity contribution in [3.63, 3.8) is 0 Å². The number of rotatable bonds is 5. The molecule has 1 aliphatic heterocycles. The molecule has 0 aliphatic carbocycles. The lowest BCUT2D eigenvalue weighted by molar-refractivity contribution is -0.130. The van der Waals surface area contributed by atoms with Gasteiger partial charge in [-0.15, -0.1) is 0 Å². The maximum atomic E-state index is 12.9. The second kappa shape index (κ2) is 9.71. The van der Waals surface area contributed by atoms with Gasteiger partial charge < -0.3 is 15.3 Å². The summed E-state index contributed by atoms with van der Waals surface area (Å²) in [7, 11) is 0. The van der Waals surface area contributed by atoms with Gasteiger partial charge in [-0.25, -0.2) is 4.39 Å². The van der Waals surface area contributed by atoms with Crippen LogP contribution in [0.25, 0.3) is 0 Å². The molecular formula is C21H23ClFN3O3. The number of anilines is 1. The van der Waals surface area contributed by atoms with Crippen molar-refractivity contribution in [2.75, 3.05) is 38.0 Å². The van der Waals surface area contributed by atoms with Crippen LogP contribution in [0.5, 0.6) is 5.75 Å². The maximum absolute atomic E-state index is 12.9. The van der Waals surface area contributed by atoms with Crippen LogP contribution < -0.4 is 5.32 Å². The molecule has 1 heterocycles. The number of hydrogen-bond donors (Lipinski definition) is 2. The molecule has 0 aromatic heterocycles. The van der Waals surface area contributed by atoms with Gasteiger partial charge in [-0.3, -0.25) is 14.5 Å². The molecule has 8 heteroatoms. The first-order valence-electron chi connectivity index (χ1n) is 9.43. The largest absolute Gasteiger partial charge is 0.506 e. The normalized spacial score (nSPS) is 15.0. The molecule has 2 aromatic rings. The topological polar surface area (TPSA) is 72.9 Å². The van der Waals surface area contributed by atoms with Crippen LogP contribution in [0.3, 0.4) is 0 Å². The third kappa shape index (κ3) is 6.17. The van der Waals surface area contributed by atoms with Gasteiger partial charge in [0.2, 0.25) is 11.8 Å². The van der Waals surface area contributed by atoms with Crippen molar-refractivity contribution in [2.45, 2.75) is 12.8 Å². The summed E-state index contributed by atoms with van der Waals surface area (Å²) in [6.07, 6.45) is 0.983. The van der Waals surface area contributed by atoms with Crippen molar-refractivity contribution in [2.24, 2.45) is 0 Å². The van der Waals surface area contributed by atoms with Crippen LogP contribution in [0.4, 0.5) is 10.1 Å². The first-order valence-corrected chi connectivity index (χ1v) is 9.81. The molecule has 0 bridgehead atoms. The van der Waals surface area contributed by atoms with E-state index in [-0.39, 0.29) is 41.4 Å². The highest BCUT2D eigenvalue weighted by atomic mass is 35.5. The fraction of sp³-hybridized carbons (Fsp3) is 0.333. The standard InChI is InChI=1S/C21H23ClFN3O3/c22-18-12-15(2-7-19(18)27)13-21(29)26-9-1-8-25(10-11-26)14-20(28)24-17-5-3-16(23)4-6-17/h2-7,12,27H,1,8-11,13-14H2,(H,24,28). The summed E-state index contributed by atoms with van der Waals surface area (Å²) in [5.41, 5.74) is 1.30. The first-order chi connectivity index (χ1) is 13.9. The molecular weight excluding hydrogens is 397 g/mol. The van der Waals surface area contributed by atoms with E-state index in [0.717, 1.165) is 12.0 Å². The smallest absolute Gasteiger partial charge is 0.238 e. The lowest BCUT2D eigenvalue weighted by Gasteiger charge is -2.22. The molecule has 0 radical (unpaired) electrons. The van der Waals surface area contributed by atoms with E-state index >= 15 is 0 Å². The Morgan fingerprint density at radius 2 is 1.83 bits per heavy atom. The minimum Gasteiger partial charge on any atom is -0.506 e. The van der Waals surface area contributed by atoms with E-state index in [1.807, 2.05) is 4.90 Å². The van der Waals surface area contributed by atoms with Crippen molar-refractivity contribution in [3.05, 3.63) is 58.9 Å². The number of halogens is 2. The number of hydrogen-bond acceptors (Lipinski definition) is 4. The highest BCUT2D eigenvalue weighted by Crippen LogP contribution is 2.24. The Morgan fingerprint density at radius 3 is 2.55 bits per heavy atom. The van der Waals surface area contributed by atoms with Gasteiger partial charge in [0.1, 0.15) is 11.6 Å². The molecule has 0 unspecified atom stereocenters. The number of benzene rings is 2. The molecule has 6 nitrogen and oxygen atoms in total. The number of nitrogens with one attached hydrogen (secondary N) is 1. The molecule has 0 saturated carbocycles. The van der Waals surface area contributed by atoms with Gasteiger partial charge >= 0.3 is 0 Å². The predicted octanol–water partition coefficient (Wildman–Crippen LogP) is 2.90. The minimum atomic E-state index is -0.352. The maximum Gasteiger partial charge on any atom is 0.238 e. The highest BCUT2D eigenvalue weighted by Gasteiger charge is 2.21. The monoisotopic (exact) mass is 419 g/mol. The van der Waals surface area contributed by atoms with Gasteiger partial charge in [-0.1, -0.05) is 17.7 Å². The van der Waals surface area contributed by atoms with E-state index < -0.39 is 0 Å². The number of nitrogens with zero attached hydrogens (tertiary/aromatic N) is 2. The zero-order valence-corrected chi connectivity index (χ0v) is 16.7. The number of amides is 2. The van der Waals surface area contributed by atoms with E-state index in [9.17, 15) is 19.1 Å². The zero-order chi connectivity index (χ0) is 20.8. The Balaban J connectivity index is 1.48. The van der Waals surface area contributed by atoms with E-state index in [4.69, 9.17) is 11.6 Å². The fourth-order valence-electron chi connectivity index (χ4n) is 3.26. The number of phenolic OH excluding ortho intramolecular Hbond substituents is 1. The Hall–Kier alpha value is -2.64. The average molecular weight is 420 g/mol. The third-order valence-electron chi connectivity index (χ3n) is 4.80. The molecule has 2 aromatic carbocycles. The first kappa shape index (κ1) is 21.1. The SMILES string of the molecule is O=C(CN1CCCN(C(=O)Cc2ccc(O)c(Cl)c2)CC1)Nc1ccc(F)cc1. The summed E-state index contributed by atoms with van der Waals surface area (Å²) in [4.78, 5) is 28.6. The fourth-order valence-corrected chi connectivity index (χ4v) is 3.47. The lowest BCUT2D eigenvalue weighted by atomic mass is 10.1. The lowest BCUT2D eigenvalue weighted by Crippen LogP contribution is -2.38. The molecule has 29 heavy (non-hydrogen) atoms. The van der Waals surface area contributed by atoms with Crippen molar-refractivity contribution in [3.8, 4) is 5.75 Å². The van der Waals surface area contributed by atoms with E-state index in [1.54, 1.807) is 17.0 Å². The summed E-state index contributed by atoms with van der Waals surface area (Å²) < 4.78 is 12.9. The molecule has 1 saturated heterocycles. The molecule has 0 atom stereocenters. The summed E-state index contributed by atoms with van der Waals surface area (Å²) in [6, 6.07) is 10.4. The number of carbonyl (C=O) groups excluding carboxylic acids is 2. The highest BCUT2D eigenvalue weighted by molar-refractivity contribution is 6.32. The molecule has 2 N–H and O–H groups in total. The number of aromatic hydroxyl groups is 1. The summed E-state index contributed by atoms with van der Waals surface area (Å²) >= 11 is 5.90. The van der Waals surface area contributed by atoms with Crippen LogP contribution in [0.15, 0.2) is 42.5 Å². The third-order valence-corrected chi connectivity index (χ3v) is 5.11. The van der Waals surface area contributed by atoms with Crippen LogP contribution in [-0.4, -0.2) is 59.4 Å². The Bertz CT molecular complexity index is 876. The number of phenols is 1. The summed E-state index contributed by atoms with van der Waals surface area (Å²) in [5.74, 6) is -0.540. The second-order valence-corrected chi connectivity index (χ2v) is 7.44. The van der Waals surface area contributed by atoms with Crippen LogP contribution in [-0.2, 0) is 16.0 Å². The Morgan fingerprint density at radius 1 is 1.07 bits per heavy atom. The van der Waals surface area contributed by atoms with Crippen LogP contribution in [0.2, 0.25) is 5.02 Å². The van der Waals surface area contributed by atoms with Crippen LogP contribution in [0.1, 0.15) is 12.0 Å². The van der Waals surface area contributed by atoms with E-state index in [1.165, 1.54) is 30.3 Å². The van der Waals surface area contributed by atoms with Gasteiger partial charge in [-0.2, -0.15) is 0 Å². The van der Waals surface area contributed by atoms with Gasteiger partial charge in [0.05, 0.1) is 18.0 Å². The summed E-state index contributed by atoms with van der Waals surface area (Å²) in [6.45, 7) is 2.69. The van der Waals surface area contributed by atoms with Gasteiger partial charge in [0, 0.05) is 31.9 Å². The Labute approximate surface area is 173 Å². The average Bonchev–Trinajstić information content (AvgIpc) is 2.92. The molecule has 2 amide bonds. The van der Waals surface area contributed by atoms with Crippen molar-refractivity contribution in [1.82, 2.24) is 9.80 Å². The van der Waals surface area contributed by atoms with Crippen molar-refractivity contribution < 1.29 is 19.1 Å². The van der Waals surface area contributed by atoms with Crippen molar-refractivity contribution >= 4 is 29.1 Å². The van der Waals surface area contributed by atoms with Crippen LogP contribution in [0, 0.1) is 5.82 Å². The van der Waals surface area contributed by atoms with E-state index in [2.05, 4.69) is 5.32 Å². The van der Waals surface area contributed by atoms with Crippen LogP contribution >= 0.6 is 11.6 Å². The second-order valence-electron chi connectivity index (χ2n) is 7.03. The summed E-state index contributed by atoms with van der Waals surface area (Å²) in [5, 5.41) is 12.5.